The minimum absolute atomic E-state index is 0.0598. The Balaban J connectivity index is 5.36. The van der Waals surface area contributed by atoms with Gasteiger partial charge in [0.2, 0.25) is 0 Å². The molecule has 0 atom stereocenters. The van der Waals surface area contributed by atoms with Gasteiger partial charge in [0, 0.05) is 5.57 Å². The minimum Gasteiger partial charge on any atom is -0.462 e. The van der Waals surface area contributed by atoms with E-state index in [0.29, 0.717) is 30.8 Å². The Labute approximate surface area is 128 Å². The third kappa shape index (κ3) is 7.30. The molecule has 0 aliphatic heterocycles. The van der Waals surface area contributed by atoms with E-state index in [1.54, 1.807) is 0 Å². The van der Waals surface area contributed by atoms with E-state index in [0.717, 1.165) is 25.7 Å². The van der Waals surface area contributed by atoms with Crippen LogP contribution >= 0.6 is 0 Å². The lowest BCUT2D eigenvalue weighted by atomic mass is 9.94. The summed E-state index contributed by atoms with van der Waals surface area (Å²) in [5.41, 5.74) is 0.958. The van der Waals surface area contributed by atoms with Gasteiger partial charge in [-0.2, -0.15) is 0 Å². The molecule has 0 bridgehead atoms. The first-order valence-corrected chi connectivity index (χ1v) is 8.06. The van der Waals surface area contributed by atoms with Gasteiger partial charge in [0.25, 0.3) is 0 Å². The Morgan fingerprint density at radius 1 is 0.857 bits per heavy atom. The molecule has 0 saturated heterocycles. The summed E-state index contributed by atoms with van der Waals surface area (Å²) in [5, 5.41) is 0. The van der Waals surface area contributed by atoms with E-state index in [9.17, 15) is 9.59 Å². The van der Waals surface area contributed by atoms with Gasteiger partial charge in [-0.3, -0.25) is 0 Å². The lowest BCUT2D eigenvalue weighted by molar-refractivity contribution is -0.143. The topological polar surface area (TPSA) is 52.6 Å². The van der Waals surface area contributed by atoms with Gasteiger partial charge in [-0.15, -0.1) is 0 Å². The number of rotatable bonds is 10. The van der Waals surface area contributed by atoms with Crippen molar-refractivity contribution in [2.75, 3.05) is 13.2 Å². The largest absolute Gasteiger partial charge is 0.462 e. The van der Waals surface area contributed by atoms with E-state index >= 15 is 0 Å². The number of esters is 2. The van der Waals surface area contributed by atoms with E-state index < -0.39 is 0 Å². The molecule has 0 aromatic carbocycles. The molecule has 0 aliphatic carbocycles. The predicted molar refractivity (Wildman–Crippen MR) is 83.9 cm³/mol. The van der Waals surface area contributed by atoms with Gasteiger partial charge in [-0.25, -0.2) is 9.59 Å². The number of carbonyl (C=O) groups excluding carboxylic acids is 2. The molecule has 0 spiro atoms. The van der Waals surface area contributed by atoms with Gasteiger partial charge < -0.3 is 9.47 Å². The summed E-state index contributed by atoms with van der Waals surface area (Å²) in [4.78, 5) is 24.5. The summed E-state index contributed by atoms with van der Waals surface area (Å²) in [6.07, 6.45) is 3.91. The summed E-state index contributed by atoms with van der Waals surface area (Å²) >= 11 is 0. The van der Waals surface area contributed by atoms with Gasteiger partial charge in [0.05, 0.1) is 18.8 Å². The smallest absolute Gasteiger partial charge is 0.334 e. The Kier molecular flexibility index (Phi) is 10.6. The van der Waals surface area contributed by atoms with Crippen LogP contribution in [0.1, 0.15) is 66.7 Å². The monoisotopic (exact) mass is 298 g/mol. The van der Waals surface area contributed by atoms with Gasteiger partial charge in [-0.1, -0.05) is 41.0 Å². The van der Waals surface area contributed by atoms with Crippen molar-refractivity contribution in [3.8, 4) is 0 Å². The average molecular weight is 298 g/mol. The molecule has 0 rings (SSSR count). The number of ether oxygens (including phenoxy) is 2. The fourth-order valence-corrected chi connectivity index (χ4v) is 1.96. The maximum absolute atomic E-state index is 12.2. The first-order valence-electron chi connectivity index (χ1n) is 8.06. The molecule has 0 aliphatic rings. The number of hydrogen-bond donors (Lipinski definition) is 0. The fraction of sp³-hybridized carbons (Fsp3) is 0.765. The lowest BCUT2D eigenvalue weighted by Crippen LogP contribution is -2.20. The first kappa shape index (κ1) is 19.7. The van der Waals surface area contributed by atoms with Gasteiger partial charge in [0.1, 0.15) is 0 Å². The van der Waals surface area contributed by atoms with Crippen molar-refractivity contribution in [3.05, 3.63) is 11.1 Å². The second kappa shape index (κ2) is 11.4. The molecular weight excluding hydrogens is 268 g/mol. The molecule has 0 radical (unpaired) electrons. The van der Waals surface area contributed by atoms with E-state index in [-0.39, 0.29) is 17.9 Å². The predicted octanol–water partition coefficient (Wildman–Crippen LogP) is 4.04. The highest BCUT2D eigenvalue weighted by molar-refractivity contribution is 6.00. The molecule has 0 saturated carbocycles. The standard InChI is InChI=1S/C17H30O4/c1-6-9-10-14(16(18)20-11-7-2)15(13(4)5)17(19)21-12-8-3/h13H,6-12H2,1-5H3/b15-14-. The Morgan fingerprint density at radius 2 is 1.38 bits per heavy atom. The van der Waals surface area contributed by atoms with E-state index in [1.165, 1.54) is 0 Å². The highest BCUT2D eigenvalue weighted by Gasteiger charge is 2.25. The number of unbranched alkanes of at least 4 members (excludes halogenated alkanes) is 1. The van der Waals surface area contributed by atoms with Crippen LogP contribution in [0.3, 0.4) is 0 Å². The van der Waals surface area contributed by atoms with E-state index in [1.807, 2.05) is 27.7 Å². The van der Waals surface area contributed by atoms with Crippen LogP contribution in [-0.2, 0) is 19.1 Å². The zero-order valence-electron chi connectivity index (χ0n) is 14.2. The minimum atomic E-state index is -0.383. The van der Waals surface area contributed by atoms with Crippen LogP contribution in [0, 0.1) is 5.92 Å². The lowest BCUT2D eigenvalue weighted by Gasteiger charge is -2.16. The summed E-state index contributed by atoms with van der Waals surface area (Å²) in [6.45, 7) is 10.5. The Bertz CT molecular complexity index is 356. The average Bonchev–Trinajstić information content (AvgIpc) is 2.45. The SMILES string of the molecule is CCCC/C(C(=O)OCCC)=C(/C(=O)OCCC)C(C)C. The fourth-order valence-electron chi connectivity index (χ4n) is 1.96. The van der Waals surface area contributed by atoms with Crippen molar-refractivity contribution in [1.29, 1.82) is 0 Å². The van der Waals surface area contributed by atoms with Crippen molar-refractivity contribution >= 4 is 11.9 Å². The van der Waals surface area contributed by atoms with Crippen molar-refractivity contribution in [1.82, 2.24) is 0 Å². The zero-order valence-corrected chi connectivity index (χ0v) is 14.2. The molecule has 0 N–H and O–H groups in total. The van der Waals surface area contributed by atoms with Crippen molar-refractivity contribution in [2.45, 2.75) is 66.7 Å². The maximum Gasteiger partial charge on any atom is 0.334 e. The van der Waals surface area contributed by atoms with Crippen LogP contribution < -0.4 is 0 Å². The van der Waals surface area contributed by atoms with Gasteiger partial charge in [0.15, 0.2) is 0 Å². The molecule has 0 aromatic rings. The molecule has 0 unspecified atom stereocenters. The molecule has 122 valence electrons. The van der Waals surface area contributed by atoms with Crippen LogP contribution in [0.5, 0.6) is 0 Å². The van der Waals surface area contributed by atoms with Crippen LogP contribution in [0.25, 0.3) is 0 Å². The van der Waals surface area contributed by atoms with Gasteiger partial charge in [-0.05, 0) is 31.6 Å². The normalized spacial score (nSPS) is 12.1. The third-order valence-corrected chi connectivity index (χ3v) is 3.02. The summed E-state index contributed by atoms with van der Waals surface area (Å²) in [5.74, 6) is -0.816. The zero-order chi connectivity index (χ0) is 16.3. The van der Waals surface area contributed by atoms with Crippen LogP contribution in [0.4, 0.5) is 0 Å². The first-order chi connectivity index (χ1) is 9.99. The van der Waals surface area contributed by atoms with Gasteiger partial charge >= 0.3 is 11.9 Å². The molecule has 0 fully saturated rings. The molecule has 4 heteroatoms. The summed E-state index contributed by atoms with van der Waals surface area (Å²) in [7, 11) is 0. The summed E-state index contributed by atoms with van der Waals surface area (Å²) < 4.78 is 10.5. The molecule has 4 nitrogen and oxygen atoms in total. The Hall–Kier alpha value is -1.32. The van der Waals surface area contributed by atoms with Crippen LogP contribution in [0.15, 0.2) is 11.1 Å². The molecule has 0 amide bonds. The van der Waals surface area contributed by atoms with Crippen molar-refractivity contribution < 1.29 is 19.1 Å². The molecule has 21 heavy (non-hydrogen) atoms. The Morgan fingerprint density at radius 3 is 1.81 bits per heavy atom. The highest BCUT2D eigenvalue weighted by atomic mass is 16.5. The molecule has 0 heterocycles. The van der Waals surface area contributed by atoms with Crippen LogP contribution in [0.2, 0.25) is 0 Å². The molecule has 0 aromatic heterocycles. The quantitative estimate of drug-likeness (QED) is 0.451. The number of carbonyl (C=O) groups is 2. The highest BCUT2D eigenvalue weighted by Crippen LogP contribution is 2.23. The van der Waals surface area contributed by atoms with Crippen molar-refractivity contribution in [3.63, 3.8) is 0 Å². The van der Waals surface area contributed by atoms with Crippen molar-refractivity contribution in [2.24, 2.45) is 5.92 Å². The summed E-state index contributed by atoms with van der Waals surface area (Å²) in [6, 6.07) is 0. The second-order valence-electron chi connectivity index (χ2n) is 5.42. The maximum atomic E-state index is 12.2. The third-order valence-electron chi connectivity index (χ3n) is 3.02. The second-order valence-corrected chi connectivity index (χ2v) is 5.42. The number of hydrogen-bond acceptors (Lipinski definition) is 4. The molecular formula is C17H30O4. The van der Waals surface area contributed by atoms with E-state index in [2.05, 4.69) is 6.92 Å². The van der Waals surface area contributed by atoms with E-state index in [4.69, 9.17) is 9.47 Å². The van der Waals surface area contributed by atoms with Crippen LogP contribution in [-0.4, -0.2) is 25.2 Å².